The van der Waals surface area contributed by atoms with Gasteiger partial charge in [0.15, 0.2) is 0 Å². The van der Waals surface area contributed by atoms with Crippen LogP contribution in [0.4, 0.5) is 0 Å². The highest BCUT2D eigenvalue weighted by Crippen LogP contribution is 2.37. The van der Waals surface area contributed by atoms with Gasteiger partial charge in [-0.15, -0.1) is 0 Å². The van der Waals surface area contributed by atoms with Crippen molar-refractivity contribution in [2.75, 3.05) is 0 Å². The molecule has 2 aliphatic rings. The highest BCUT2D eigenvalue weighted by Gasteiger charge is 2.40. The predicted octanol–water partition coefficient (Wildman–Crippen LogP) is 3.08. The van der Waals surface area contributed by atoms with E-state index in [4.69, 9.17) is 0 Å². The molecule has 74 valence electrons. The molecule has 0 amide bonds. The zero-order chi connectivity index (χ0) is 9.43. The Kier molecular flexibility index (Phi) is 2.01. The summed E-state index contributed by atoms with van der Waals surface area (Å²) in [6, 6.07) is 14.1. The molecular weight excluding hydrogens is 184 g/mol. The molecule has 0 nitrogen and oxygen atoms in total. The van der Waals surface area contributed by atoms with Gasteiger partial charge >= 0.3 is 0 Å². The van der Waals surface area contributed by atoms with Crippen molar-refractivity contribution in [1.82, 2.24) is 0 Å². The van der Waals surface area contributed by atoms with E-state index in [1.54, 1.807) is 23.7 Å². The topological polar surface area (TPSA) is 0 Å². The summed E-state index contributed by atoms with van der Waals surface area (Å²) in [6.07, 6.45) is 5.86. The van der Waals surface area contributed by atoms with Gasteiger partial charge in [0, 0.05) is 0 Å². The van der Waals surface area contributed by atoms with E-state index in [0.717, 1.165) is 0 Å². The van der Waals surface area contributed by atoms with Gasteiger partial charge < -0.3 is 0 Å². The number of hydrogen-bond donors (Lipinski definition) is 0. The lowest BCUT2D eigenvalue weighted by molar-refractivity contribution is 0.882. The van der Waals surface area contributed by atoms with Gasteiger partial charge in [0.25, 0.3) is 0 Å². The molecule has 1 aromatic carbocycles. The van der Waals surface area contributed by atoms with E-state index in [1.165, 1.54) is 25.7 Å². The van der Waals surface area contributed by atoms with Gasteiger partial charge in [-0.1, -0.05) is 66.8 Å². The van der Waals surface area contributed by atoms with Crippen LogP contribution in [0.3, 0.4) is 0 Å². The first-order valence-corrected chi connectivity index (χ1v) is 8.61. The average molecular weight is 202 g/mol. The Balaban J connectivity index is 2.10. The number of aryl methyl sites for hydroxylation is 1. The van der Waals surface area contributed by atoms with Gasteiger partial charge in [-0.3, -0.25) is 0 Å². The summed E-state index contributed by atoms with van der Waals surface area (Å²) in [4.78, 5) is 0. The first-order valence-electron chi connectivity index (χ1n) is 5.99. The van der Waals surface area contributed by atoms with E-state index >= 15 is 0 Å². The van der Waals surface area contributed by atoms with Crippen LogP contribution in [0.5, 0.6) is 0 Å². The lowest BCUT2D eigenvalue weighted by Gasteiger charge is -2.33. The molecule has 1 saturated heterocycles. The molecule has 0 aliphatic carbocycles. The summed E-state index contributed by atoms with van der Waals surface area (Å²) in [5.41, 5.74) is 1.70. The Bertz CT molecular complexity index is 337. The third kappa shape index (κ3) is 1.18. The third-order valence-corrected chi connectivity index (χ3v) is 9.81. The fourth-order valence-electron chi connectivity index (χ4n) is 3.58. The Hall–Kier alpha value is -0.563. The molecule has 1 spiro atoms. The van der Waals surface area contributed by atoms with E-state index in [0.29, 0.717) is 0 Å². The molecule has 0 radical (unpaired) electrons. The first-order chi connectivity index (χ1) is 6.91. The fraction of sp³-hybridized carbons (Fsp3) is 0.538. The highest BCUT2D eigenvalue weighted by molar-refractivity contribution is 6.92. The fourth-order valence-corrected chi connectivity index (χ4v) is 9.18. The molecule has 1 heteroatoms. The van der Waals surface area contributed by atoms with Crippen molar-refractivity contribution in [3.8, 4) is 0 Å². The van der Waals surface area contributed by atoms with Gasteiger partial charge in [-0.05, 0) is 12.0 Å². The minimum absolute atomic E-state index is 0.940. The minimum atomic E-state index is -0.940. The van der Waals surface area contributed by atoms with Crippen molar-refractivity contribution >= 4 is 13.3 Å². The van der Waals surface area contributed by atoms with E-state index in [-0.39, 0.29) is 0 Å². The van der Waals surface area contributed by atoms with Crippen LogP contribution in [0.15, 0.2) is 24.3 Å². The van der Waals surface area contributed by atoms with Crippen LogP contribution in [-0.2, 0) is 6.42 Å². The monoisotopic (exact) mass is 202 g/mol. The van der Waals surface area contributed by atoms with Crippen LogP contribution in [0.2, 0.25) is 18.1 Å². The summed E-state index contributed by atoms with van der Waals surface area (Å²) < 4.78 is 0. The second-order valence-corrected chi connectivity index (χ2v) is 9.60. The third-order valence-electron chi connectivity index (χ3n) is 4.25. The molecule has 14 heavy (non-hydrogen) atoms. The molecule has 3 rings (SSSR count). The molecule has 1 aromatic rings. The quantitative estimate of drug-likeness (QED) is 0.567. The minimum Gasteiger partial charge on any atom is -0.0627 e. The van der Waals surface area contributed by atoms with Crippen molar-refractivity contribution < 1.29 is 0 Å². The summed E-state index contributed by atoms with van der Waals surface area (Å²) >= 11 is 0. The molecule has 0 saturated carbocycles. The zero-order valence-electron chi connectivity index (χ0n) is 8.76. The van der Waals surface area contributed by atoms with Crippen molar-refractivity contribution in [3.63, 3.8) is 0 Å². The summed E-state index contributed by atoms with van der Waals surface area (Å²) in [7, 11) is -0.940. The maximum Gasteiger partial charge on any atom is 0.0870 e. The Morgan fingerprint density at radius 3 is 2.43 bits per heavy atom. The van der Waals surface area contributed by atoms with Gasteiger partial charge in [0.2, 0.25) is 0 Å². The zero-order valence-corrected chi connectivity index (χ0v) is 9.76. The summed E-state index contributed by atoms with van der Waals surface area (Å²) in [5.74, 6) is 0. The Labute approximate surface area is 87.4 Å². The Morgan fingerprint density at radius 1 is 0.857 bits per heavy atom. The maximum atomic E-state index is 2.45. The van der Waals surface area contributed by atoms with Crippen molar-refractivity contribution in [1.29, 1.82) is 0 Å². The number of hydrogen-bond acceptors (Lipinski definition) is 0. The Morgan fingerprint density at radius 2 is 1.57 bits per heavy atom. The van der Waals surface area contributed by atoms with Crippen LogP contribution in [0.25, 0.3) is 0 Å². The molecular formula is C13H18Si. The molecule has 0 bridgehead atoms. The lowest BCUT2D eigenvalue weighted by atomic mass is 10.1. The molecule has 0 unspecified atom stereocenters. The van der Waals surface area contributed by atoms with Crippen LogP contribution >= 0.6 is 0 Å². The van der Waals surface area contributed by atoms with E-state index in [9.17, 15) is 0 Å². The number of fused-ring (bicyclic) bond motifs is 2. The maximum absolute atomic E-state index is 2.45. The van der Waals surface area contributed by atoms with Gasteiger partial charge in [-0.2, -0.15) is 0 Å². The smallest absolute Gasteiger partial charge is 0.0627 e. The molecule has 2 heterocycles. The van der Waals surface area contributed by atoms with E-state index < -0.39 is 8.07 Å². The normalized spacial score (nSPS) is 23.7. The van der Waals surface area contributed by atoms with Gasteiger partial charge in [-0.25, -0.2) is 0 Å². The van der Waals surface area contributed by atoms with Crippen LogP contribution in [0, 0.1) is 0 Å². The number of benzene rings is 1. The van der Waals surface area contributed by atoms with Crippen LogP contribution < -0.4 is 5.19 Å². The second-order valence-electron chi connectivity index (χ2n) is 5.00. The van der Waals surface area contributed by atoms with Crippen molar-refractivity contribution in [3.05, 3.63) is 29.8 Å². The predicted molar refractivity (Wildman–Crippen MR) is 63.8 cm³/mol. The molecule has 0 N–H and O–H groups in total. The standard InChI is InChI=1S/C13H18Si/c1-2-8-13-12(6-1)7-5-11-14(13)9-3-4-10-14/h1-2,6,8H,3-5,7,9-11H2. The van der Waals surface area contributed by atoms with Gasteiger partial charge in [0.05, 0.1) is 8.07 Å². The van der Waals surface area contributed by atoms with E-state index in [2.05, 4.69) is 24.3 Å². The largest absolute Gasteiger partial charge is 0.0870 e. The SMILES string of the molecule is c1ccc2c(c1)CCC[Si]21CCCC1. The second kappa shape index (κ2) is 3.23. The van der Waals surface area contributed by atoms with Gasteiger partial charge in [0.1, 0.15) is 0 Å². The first kappa shape index (κ1) is 8.72. The molecule has 2 aliphatic heterocycles. The summed E-state index contributed by atoms with van der Waals surface area (Å²) in [5, 5.41) is 1.84. The molecule has 0 aromatic heterocycles. The summed E-state index contributed by atoms with van der Waals surface area (Å²) in [6.45, 7) is 0. The van der Waals surface area contributed by atoms with Crippen molar-refractivity contribution in [2.24, 2.45) is 0 Å². The lowest BCUT2D eigenvalue weighted by Crippen LogP contribution is -2.49. The highest BCUT2D eigenvalue weighted by atomic mass is 28.3. The van der Waals surface area contributed by atoms with Crippen LogP contribution in [0.1, 0.15) is 24.8 Å². The average Bonchev–Trinajstić information content (AvgIpc) is 2.68. The van der Waals surface area contributed by atoms with E-state index in [1.807, 2.05) is 5.19 Å². The number of rotatable bonds is 0. The van der Waals surface area contributed by atoms with Crippen molar-refractivity contribution in [2.45, 2.75) is 43.8 Å². The molecule has 1 fully saturated rings. The molecule has 0 atom stereocenters. The van der Waals surface area contributed by atoms with Crippen LogP contribution in [-0.4, -0.2) is 8.07 Å².